The van der Waals surface area contributed by atoms with Crippen molar-refractivity contribution in [1.29, 1.82) is 0 Å². The first-order chi connectivity index (χ1) is 17.5. The van der Waals surface area contributed by atoms with Gasteiger partial charge >= 0.3 is 0 Å². The molecule has 0 spiro atoms. The van der Waals surface area contributed by atoms with Crippen LogP contribution in [0, 0.1) is 16.7 Å². The maximum atomic E-state index is 5.78. The van der Waals surface area contributed by atoms with Gasteiger partial charge in [-0.05, 0) is 94.2 Å². The van der Waals surface area contributed by atoms with Crippen LogP contribution in [0.5, 0.6) is 0 Å². The fraction of sp³-hybridized carbons (Fsp3) is 1.00. The first-order valence-electron chi connectivity index (χ1n) is 15.8. The Hall–Kier alpha value is -0.240. The van der Waals surface area contributed by atoms with Gasteiger partial charge in [-0.1, -0.05) is 86.5 Å². The van der Waals surface area contributed by atoms with Gasteiger partial charge in [0.2, 0.25) is 0 Å². The van der Waals surface area contributed by atoms with E-state index in [9.17, 15) is 0 Å². The lowest BCUT2D eigenvalue weighted by molar-refractivity contribution is 0.138. The van der Waals surface area contributed by atoms with E-state index in [0.717, 1.165) is 38.4 Å². The number of hydrogen-bond donors (Lipinski definition) is 6. The quantitative estimate of drug-likeness (QED) is 0.230. The van der Waals surface area contributed by atoms with Gasteiger partial charge in [0.25, 0.3) is 0 Å². The van der Waals surface area contributed by atoms with Gasteiger partial charge in [-0.3, -0.25) is 0 Å². The van der Waals surface area contributed by atoms with E-state index in [2.05, 4.69) is 41.5 Å². The van der Waals surface area contributed by atoms with Crippen LogP contribution in [-0.2, 0) is 0 Å². The van der Waals surface area contributed by atoms with Crippen molar-refractivity contribution in [2.75, 3.05) is 19.6 Å². The molecule has 37 heavy (non-hydrogen) atoms. The monoisotopic (exact) mass is 529 g/mol. The summed E-state index contributed by atoms with van der Waals surface area (Å²) in [7, 11) is 0. The molecule has 6 nitrogen and oxygen atoms in total. The molecule has 0 saturated heterocycles. The molecule has 0 aromatic carbocycles. The van der Waals surface area contributed by atoms with E-state index in [1.54, 1.807) is 0 Å². The lowest BCUT2D eigenvalue weighted by atomic mass is 9.67. The first kappa shape index (κ1) is 38.9. The highest BCUT2D eigenvalue weighted by atomic mass is 14.8. The zero-order valence-corrected chi connectivity index (χ0v) is 26.2. The predicted octanol–water partition coefficient (Wildman–Crippen LogP) is 5.78. The summed E-state index contributed by atoms with van der Waals surface area (Å²) in [4.78, 5) is 0. The Bertz CT molecular complexity index is 417. The van der Waals surface area contributed by atoms with E-state index in [1.165, 1.54) is 89.9 Å². The minimum absolute atomic E-state index is 0.281. The van der Waals surface area contributed by atoms with Crippen molar-refractivity contribution in [3.05, 3.63) is 0 Å². The molecule has 0 amide bonds. The smallest absolute Gasteiger partial charge is 0.0192 e. The van der Waals surface area contributed by atoms with Gasteiger partial charge in [0, 0.05) is 18.1 Å². The fourth-order valence-electron chi connectivity index (χ4n) is 4.45. The van der Waals surface area contributed by atoms with Gasteiger partial charge in [0.05, 0.1) is 0 Å². The van der Waals surface area contributed by atoms with E-state index < -0.39 is 0 Å². The van der Waals surface area contributed by atoms with Gasteiger partial charge < -0.3 is 34.4 Å². The second-order valence-corrected chi connectivity index (χ2v) is 12.7. The van der Waals surface area contributed by atoms with Gasteiger partial charge in [-0.15, -0.1) is 0 Å². The van der Waals surface area contributed by atoms with Crippen molar-refractivity contribution < 1.29 is 0 Å². The SMILES string of the molecule is CCC(C)(C)CN.CCC1(CN)CCC1.CCCCCN.C[C@@H]1CCCC[C@H]1N.N[C@H]1CCCC[C@@H]1N. The number of nitrogens with two attached hydrogens (primary N) is 6. The molecule has 3 fully saturated rings. The Morgan fingerprint density at radius 3 is 1.32 bits per heavy atom. The maximum Gasteiger partial charge on any atom is 0.0192 e. The average molecular weight is 529 g/mol. The number of rotatable bonds is 7. The van der Waals surface area contributed by atoms with Crippen molar-refractivity contribution in [3.63, 3.8) is 0 Å². The van der Waals surface area contributed by atoms with E-state index in [0.29, 0.717) is 16.9 Å². The summed E-state index contributed by atoms with van der Waals surface area (Å²) in [5.41, 5.74) is 34.2. The fourth-order valence-corrected chi connectivity index (χ4v) is 4.45. The highest BCUT2D eigenvalue weighted by Gasteiger charge is 2.33. The molecule has 4 atom stereocenters. The van der Waals surface area contributed by atoms with Crippen LogP contribution in [0.15, 0.2) is 0 Å². The normalized spacial score (nSPS) is 26.3. The third-order valence-electron chi connectivity index (χ3n) is 8.97. The summed E-state index contributed by atoms with van der Waals surface area (Å²) in [6.07, 6.45) is 20.5. The largest absolute Gasteiger partial charge is 0.330 e. The molecule has 0 radical (unpaired) electrons. The zero-order valence-electron chi connectivity index (χ0n) is 26.2. The number of unbranched alkanes of at least 4 members (excludes halogenated alkanes) is 2. The van der Waals surface area contributed by atoms with Gasteiger partial charge in [-0.25, -0.2) is 0 Å². The van der Waals surface area contributed by atoms with Crippen molar-refractivity contribution in [2.45, 2.75) is 162 Å². The Morgan fingerprint density at radius 2 is 1.19 bits per heavy atom. The second kappa shape index (κ2) is 23.6. The molecular weight excluding hydrogens is 456 g/mol. The summed E-state index contributed by atoms with van der Waals surface area (Å²) in [6, 6.07) is 1.07. The summed E-state index contributed by atoms with van der Waals surface area (Å²) in [5.74, 6) is 0.781. The van der Waals surface area contributed by atoms with Crippen molar-refractivity contribution in [2.24, 2.45) is 51.1 Å². The van der Waals surface area contributed by atoms with E-state index in [-0.39, 0.29) is 12.1 Å². The lowest BCUT2D eigenvalue weighted by Gasteiger charge is -2.40. The standard InChI is InChI=1S/2C7H15N.C6H14N2.C6H15N.C5H13N/c1-6-4-2-3-5-7(6)8;1-2-7(6-8)4-3-5-7;7-5-3-1-2-4-6(5)8;1-4-6(2,3)5-7;1-2-3-4-5-6/h6-7H,2-5,8H2,1H3;2-6,8H2,1H3;5-6H,1-4,7-8H2;4-5,7H2,1-3H3;2-6H2,1H3/t6-,7-;;5-,6-;;/m1.0../s1. The molecule has 0 aromatic heterocycles. The molecule has 3 saturated carbocycles. The van der Waals surface area contributed by atoms with Crippen LogP contribution >= 0.6 is 0 Å². The van der Waals surface area contributed by atoms with Gasteiger partial charge in [0.1, 0.15) is 0 Å². The molecule has 3 aliphatic carbocycles. The first-order valence-corrected chi connectivity index (χ1v) is 15.8. The predicted molar refractivity (Wildman–Crippen MR) is 167 cm³/mol. The van der Waals surface area contributed by atoms with Crippen LogP contribution in [-0.4, -0.2) is 37.8 Å². The van der Waals surface area contributed by atoms with E-state index >= 15 is 0 Å². The summed E-state index contributed by atoms with van der Waals surface area (Å²) < 4.78 is 0. The highest BCUT2D eigenvalue weighted by molar-refractivity contribution is 4.86. The van der Waals surface area contributed by atoms with Crippen LogP contribution in [0.2, 0.25) is 0 Å². The van der Waals surface area contributed by atoms with Crippen LogP contribution in [0.1, 0.15) is 144 Å². The van der Waals surface area contributed by atoms with E-state index in [1.807, 2.05) is 0 Å². The summed E-state index contributed by atoms with van der Waals surface area (Å²) >= 11 is 0. The minimum atomic E-state index is 0.281. The van der Waals surface area contributed by atoms with E-state index in [4.69, 9.17) is 34.4 Å². The molecular formula is C31H72N6. The molecule has 0 aromatic rings. The molecule has 0 unspecified atom stereocenters. The van der Waals surface area contributed by atoms with Crippen molar-refractivity contribution in [1.82, 2.24) is 0 Å². The van der Waals surface area contributed by atoms with Crippen LogP contribution in [0.3, 0.4) is 0 Å². The molecule has 0 heterocycles. The molecule has 0 aliphatic heterocycles. The third-order valence-corrected chi connectivity index (χ3v) is 8.97. The summed E-state index contributed by atoms with van der Waals surface area (Å²) in [5, 5.41) is 0. The molecule has 3 rings (SSSR count). The van der Waals surface area contributed by atoms with Crippen LogP contribution in [0.25, 0.3) is 0 Å². The molecule has 226 valence electrons. The van der Waals surface area contributed by atoms with Gasteiger partial charge in [0.15, 0.2) is 0 Å². The van der Waals surface area contributed by atoms with Crippen molar-refractivity contribution in [3.8, 4) is 0 Å². The molecule has 6 heteroatoms. The lowest BCUT2D eigenvalue weighted by Crippen LogP contribution is -2.43. The average Bonchev–Trinajstić information content (AvgIpc) is 2.88. The second-order valence-electron chi connectivity index (χ2n) is 12.7. The minimum Gasteiger partial charge on any atom is -0.330 e. The molecule has 12 N–H and O–H groups in total. The molecule has 3 aliphatic rings. The number of hydrogen-bond acceptors (Lipinski definition) is 6. The molecule has 0 bridgehead atoms. The van der Waals surface area contributed by atoms with Crippen LogP contribution in [0.4, 0.5) is 0 Å². The topological polar surface area (TPSA) is 156 Å². The van der Waals surface area contributed by atoms with Gasteiger partial charge in [-0.2, -0.15) is 0 Å². The Balaban J connectivity index is 0. The van der Waals surface area contributed by atoms with Crippen LogP contribution < -0.4 is 34.4 Å². The summed E-state index contributed by atoms with van der Waals surface area (Å²) in [6.45, 7) is 15.7. The van der Waals surface area contributed by atoms with Crippen molar-refractivity contribution >= 4 is 0 Å². The third kappa shape index (κ3) is 20.3. The Labute approximate surface area is 233 Å². The Kier molecular flexibility index (Phi) is 24.8. The maximum absolute atomic E-state index is 5.78. The Morgan fingerprint density at radius 1 is 0.703 bits per heavy atom. The highest BCUT2D eigenvalue weighted by Crippen LogP contribution is 2.42. The zero-order chi connectivity index (χ0) is 28.7.